The molecule has 0 unspecified atom stereocenters. The Morgan fingerprint density at radius 3 is 2.52 bits per heavy atom. The van der Waals surface area contributed by atoms with E-state index in [2.05, 4.69) is 27.5 Å². The number of carbonyl (C=O) groups is 1. The Hall–Kier alpha value is -2.54. The number of hydrogen-bond acceptors (Lipinski definition) is 6. The Balaban J connectivity index is 1.37. The molecule has 2 heterocycles. The summed E-state index contributed by atoms with van der Waals surface area (Å²) in [7, 11) is 3.34. The lowest BCUT2D eigenvalue weighted by atomic mass is 9.94. The van der Waals surface area contributed by atoms with Gasteiger partial charge in [0.15, 0.2) is 0 Å². The summed E-state index contributed by atoms with van der Waals surface area (Å²) < 4.78 is 16.2. The molecular weight excluding hydrogens is 394 g/mol. The van der Waals surface area contributed by atoms with Crippen LogP contribution in [0.15, 0.2) is 28.8 Å². The molecule has 1 aliphatic carbocycles. The SMILES string of the molecule is COc1cc(CN2CCC[C@@H](c3cc(C(=O)NC4CCCCC4)on3)C2)cc(OC)c1. The number of benzene rings is 1. The highest BCUT2D eigenvalue weighted by Crippen LogP contribution is 2.29. The van der Waals surface area contributed by atoms with E-state index < -0.39 is 0 Å². The fourth-order valence-electron chi connectivity index (χ4n) is 4.75. The van der Waals surface area contributed by atoms with Crippen LogP contribution in [0, 0.1) is 0 Å². The lowest BCUT2D eigenvalue weighted by Crippen LogP contribution is -2.36. The van der Waals surface area contributed by atoms with E-state index in [0.29, 0.717) is 5.76 Å². The maximum Gasteiger partial charge on any atom is 0.290 e. The number of aromatic nitrogens is 1. The topological polar surface area (TPSA) is 76.8 Å². The number of carbonyl (C=O) groups excluding carboxylic acids is 1. The van der Waals surface area contributed by atoms with Gasteiger partial charge in [-0.2, -0.15) is 0 Å². The summed E-state index contributed by atoms with van der Waals surface area (Å²) >= 11 is 0. The van der Waals surface area contributed by atoms with Crippen molar-refractivity contribution in [3.8, 4) is 11.5 Å². The van der Waals surface area contributed by atoms with Gasteiger partial charge in [-0.25, -0.2) is 0 Å². The average molecular weight is 428 g/mol. The molecule has 1 amide bonds. The molecule has 0 bridgehead atoms. The van der Waals surface area contributed by atoms with E-state index in [-0.39, 0.29) is 17.9 Å². The van der Waals surface area contributed by atoms with Gasteiger partial charge in [-0.1, -0.05) is 24.4 Å². The maximum absolute atomic E-state index is 12.6. The summed E-state index contributed by atoms with van der Waals surface area (Å²) in [6.45, 7) is 2.73. The molecule has 4 rings (SSSR count). The zero-order valence-corrected chi connectivity index (χ0v) is 18.6. The summed E-state index contributed by atoms with van der Waals surface area (Å²) in [5.41, 5.74) is 2.03. The Bertz CT molecular complexity index is 853. The van der Waals surface area contributed by atoms with Gasteiger partial charge in [0.05, 0.1) is 19.9 Å². The number of likely N-dealkylation sites (tertiary alicyclic amines) is 1. The highest BCUT2D eigenvalue weighted by Gasteiger charge is 2.26. The van der Waals surface area contributed by atoms with Crippen LogP contribution in [0.1, 0.15) is 72.7 Å². The summed E-state index contributed by atoms with van der Waals surface area (Å²) in [5, 5.41) is 7.36. The number of methoxy groups -OCH3 is 2. The van der Waals surface area contributed by atoms with Gasteiger partial charge in [-0.3, -0.25) is 9.69 Å². The van der Waals surface area contributed by atoms with E-state index in [1.54, 1.807) is 14.2 Å². The van der Waals surface area contributed by atoms with Crippen molar-refractivity contribution in [3.63, 3.8) is 0 Å². The molecule has 2 aliphatic rings. The van der Waals surface area contributed by atoms with Gasteiger partial charge in [-0.05, 0) is 49.9 Å². The molecule has 1 N–H and O–H groups in total. The Morgan fingerprint density at radius 1 is 1.06 bits per heavy atom. The van der Waals surface area contributed by atoms with E-state index in [1.807, 2.05) is 12.1 Å². The molecule has 1 aliphatic heterocycles. The number of amides is 1. The van der Waals surface area contributed by atoms with Gasteiger partial charge in [0.2, 0.25) is 5.76 Å². The van der Waals surface area contributed by atoms with Gasteiger partial charge < -0.3 is 19.3 Å². The Labute approximate surface area is 184 Å². The fourth-order valence-corrected chi connectivity index (χ4v) is 4.75. The summed E-state index contributed by atoms with van der Waals surface area (Å²) in [6, 6.07) is 8.09. The molecule has 7 nitrogen and oxygen atoms in total. The number of nitrogens with zero attached hydrogens (tertiary/aromatic N) is 2. The predicted octanol–water partition coefficient (Wildman–Crippen LogP) is 4.13. The van der Waals surface area contributed by atoms with Crippen molar-refractivity contribution in [2.75, 3.05) is 27.3 Å². The van der Waals surface area contributed by atoms with Gasteiger partial charge in [0.25, 0.3) is 5.91 Å². The number of hydrogen-bond donors (Lipinski definition) is 1. The molecule has 2 fully saturated rings. The minimum Gasteiger partial charge on any atom is -0.497 e. The minimum atomic E-state index is -0.137. The van der Waals surface area contributed by atoms with Crippen molar-refractivity contribution in [3.05, 3.63) is 41.3 Å². The molecule has 0 radical (unpaired) electrons. The van der Waals surface area contributed by atoms with Crippen LogP contribution in [-0.4, -0.2) is 49.3 Å². The van der Waals surface area contributed by atoms with Crippen LogP contribution < -0.4 is 14.8 Å². The predicted molar refractivity (Wildman–Crippen MR) is 118 cm³/mol. The monoisotopic (exact) mass is 427 g/mol. The van der Waals surface area contributed by atoms with Crippen LogP contribution in [0.4, 0.5) is 0 Å². The molecule has 7 heteroatoms. The lowest BCUT2D eigenvalue weighted by molar-refractivity contribution is 0.0890. The van der Waals surface area contributed by atoms with Crippen LogP contribution >= 0.6 is 0 Å². The number of piperidine rings is 1. The average Bonchev–Trinajstić information content (AvgIpc) is 3.30. The van der Waals surface area contributed by atoms with E-state index in [0.717, 1.165) is 68.1 Å². The quantitative estimate of drug-likeness (QED) is 0.716. The van der Waals surface area contributed by atoms with Crippen molar-refractivity contribution in [2.24, 2.45) is 0 Å². The van der Waals surface area contributed by atoms with E-state index >= 15 is 0 Å². The molecule has 168 valence electrons. The van der Waals surface area contributed by atoms with Crippen molar-refractivity contribution in [1.82, 2.24) is 15.4 Å². The van der Waals surface area contributed by atoms with Crippen LogP contribution in [0.5, 0.6) is 11.5 Å². The van der Waals surface area contributed by atoms with Crippen LogP contribution in [-0.2, 0) is 6.54 Å². The third-order valence-electron chi connectivity index (χ3n) is 6.43. The smallest absolute Gasteiger partial charge is 0.290 e. The van der Waals surface area contributed by atoms with Gasteiger partial charge in [0.1, 0.15) is 11.5 Å². The fraction of sp³-hybridized carbons (Fsp3) is 0.583. The third-order valence-corrected chi connectivity index (χ3v) is 6.43. The van der Waals surface area contributed by atoms with E-state index in [1.165, 1.54) is 19.3 Å². The van der Waals surface area contributed by atoms with E-state index in [4.69, 9.17) is 14.0 Å². The first-order valence-electron chi connectivity index (χ1n) is 11.4. The normalized spacial score (nSPS) is 20.4. The highest BCUT2D eigenvalue weighted by molar-refractivity contribution is 5.91. The first kappa shape index (κ1) is 21.7. The van der Waals surface area contributed by atoms with Crippen LogP contribution in [0.2, 0.25) is 0 Å². The molecule has 1 saturated heterocycles. The molecule has 31 heavy (non-hydrogen) atoms. The number of ether oxygens (including phenoxy) is 2. The molecule has 1 aromatic carbocycles. The van der Waals surface area contributed by atoms with Crippen molar-refractivity contribution < 1.29 is 18.8 Å². The Morgan fingerprint density at radius 2 is 1.81 bits per heavy atom. The number of rotatable bonds is 7. The zero-order chi connectivity index (χ0) is 21.6. The summed E-state index contributed by atoms with van der Waals surface area (Å²) in [5.74, 6) is 2.05. The maximum atomic E-state index is 12.6. The standard InChI is InChI=1S/C24H33N3O4/c1-29-20-11-17(12-21(13-20)30-2)15-27-10-6-7-18(16-27)22-14-23(31-26-22)24(28)25-19-8-4-3-5-9-19/h11-14,18-19H,3-10,15-16H2,1-2H3,(H,25,28)/t18-/m1/s1. The van der Waals surface area contributed by atoms with Crippen molar-refractivity contribution in [2.45, 2.75) is 63.5 Å². The first-order valence-corrected chi connectivity index (χ1v) is 11.4. The van der Waals surface area contributed by atoms with Crippen molar-refractivity contribution >= 4 is 5.91 Å². The minimum absolute atomic E-state index is 0.137. The molecule has 0 spiro atoms. The summed E-state index contributed by atoms with van der Waals surface area (Å²) in [4.78, 5) is 15.0. The molecule has 1 saturated carbocycles. The Kier molecular flexibility index (Phi) is 7.12. The first-order chi connectivity index (χ1) is 15.1. The highest BCUT2D eigenvalue weighted by atomic mass is 16.5. The second-order valence-corrected chi connectivity index (χ2v) is 8.72. The molecule has 2 aromatic rings. The second-order valence-electron chi connectivity index (χ2n) is 8.72. The largest absolute Gasteiger partial charge is 0.497 e. The lowest BCUT2D eigenvalue weighted by Gasteiger charge is -2.31. The van der Waals surface area contributed by atoms with Crippen LogP contribution in [0.25, 0.3) is 0 Å². The molecule has 1 aromatic heterocycles. The number of nitrogens with one attached hydrogen (secondary N) is 1. The second kappa shape index (κ2) is 10.2. The molecular formula is C24H33N3O4. The van der Waals surface area contributed by atoms with Crippen LogP contribution in [0.3, 0.4) is 0 Å². The van der Waals surface area contributed by atoms with Gasteiger partial charge in [0, 0.05) is 37.2 Å². The molecule has 1 atom stereocenters. The van der Waals surface area contributed by atoms with Crippen molar-refractivity contribution in [1.29, 1.82) is 0 Å². The zero-order valence-electron chi connectivity index (χ0n) is 18.6. The third kappa shape index (κ3) is 5.58. The van der Waals surface area contributed by atoms with Gasteiger partial charge >= 0.3 is 0 Å². The van der Waals surface area contributed by atoms with Gasteiger partial charge in [-0.15, -0.1) is 0 Å². The summed E-state index contributed by atoms with van der Waals surface area (Å²) in [6.07, 6.45) is 7.88. The van der Waals surface area contributed by atoms with E-state index in [9.17, 15) is 4.79 Å².